The van der Waals surface area contributed by atoms with E-state index in [-0.39, 0.29) is 17.8 Å². The van der Waals surface area contributed by atoms with Gasteiger partial charge in [0.15, 0.2) is 0 Å². The molecule has 2 N–H and O–H groups in total. The Balaban J connectivity index is 2.10. The SMILES string of the molecule is CN1CCC(Oc2cc(C(F)(F)F)cc(N)n2)CC1. The minimum absolute atomic E-state index is 0.0538. The van der Waals surface area contributed by atoms with E-state index in [1.165, 1.54) is 0 Å². The van der Waals surface area contributed by atoms with Crippen LogP contribution in [0.25, 0.3) is 0 Å². The van der Waals surface area contributed by atoms with Gasteiger partial charge in [0.05, 0.1) is 5.56 Å². The van der Waals surface area contributed by atoms with Crippen molar-refractivity contribution in [2.24, 2.45) is 0 Å². The molecule has 0 bridgehead atoms. The number of piperidine rings is 1. The number of nitrogens with two attached hydrogens (primary N) is 1. The van der Waals surface area contributed by atoms with Crippen molar-refractivity contribution in [1.29, 1.82) is 0 Å². The molecule has 19 heavy (non-hydrogen) atoms. The fraction of sp³-hybridized carbons (Fsp3) is 0.583. The molecular formula is C12H16F3N3O. The van der Waals surface area contributed by atoms with Crippen molar-refractivity contribution in [3.63, 3.8) is 0 Å². The Morgan fingerprint density at radius 2 is 1.95 bits per heavy atom. The van der Waals surface area contributed by atoms with Gasteiger partial charge in [-0.15, -0.1) is 0 Å². The highest BCUT2D eigenvalue weighted by Gasteiger charge is 2.32. The molecule has 2 heterocycles. The highest BCUT2D eigenvalue weighted by molar-refractivity contribution is 5.38. The standard InChI is InChI=1S/C12H16F3N3O/c1-18-4-2-9(3-5-18)19-11-7-8(12(13,14)15)6-10(16)17-11/h6-7,9H,2-5H2,1H3,(H2,16,17). The fourth-order valence-corrected chi connectivity index (χ4v) is 2.02. The van der Waals surface area contributed by atoms with Gasteiger partial charge in [-0.2, -0.15) is 18.2 Å². The molecule has 0 unspecified atom stereocenters. The predicted octanol–water partition coefficient (Wildman–Crippen LogP) is 2.16. The Morgan fingerprint density at radius 3 is 2.53 bits per heavy atom. The van der Waals surface area contributed by atoms with Crippen molar-refractivity contribution in [3.05, 3.63) is 17.7 Å². The Hall–Kier alpha value is -1.50. The smallest absolute Gasteiger partial charge is 0.416 e. The summed E-state index contributed by atoms with van der Waals surface area (Å²) in [5.74, 6) is -0.236. The molecule has 1 fully saturated rings. The monoisotopic (exact) mass is 275 g/mol. The van der Waals surface area contributed by atoms with E-state index in [1.807, 2.05) is 7.05 Å². The normalized spacial score (nSPS) is 18.5. The molecule has 0 radical (unpaired) electrons. The Labute approximate surface area is 109 Å². The quantitative estimate of drug-likeness (QED) is 0.898. The number of hydrogen-bond donors (Lipinski definition) is 1. The van der Waals surface area contributed by atoms with Gasteiger partial charge in [-0.05, 0) is 26.0 Å². The van der Waals surface area contributed by atoms with Gasteiger partial charge in [-0.25, -0.2) is 0 Å². The Kier molecular flexibility index (Phi) is 3.84. The second-order valence-electron chi connectivity index (χ2n) is 4.74. The van der Waals surface area contributed by atoms with Gasteiger partial charge < -0.3 is 15.4 Å². The number of hydrogen-bond acceptors (Lipinski definition) is 4. The molecule has 0 aromatic carbocycles. The number of aromatic nitrogens is 1. The third-order valence-electron chi connectivity index (χ3n) is 3.10. The summed E-state index contributed by atoms with van der Waals surface area (Å²) in [6.45, 7) is 1.72. The molecule has 4 nitrogen and oxygen atoms in total. The zero-order valence-electron chi connectivity index (χ0n) is 10.6. The van der Waals surface area contributed by atoms with Crippen molar-refractivity contribution in [2.75, 3.05) is 25.9 Å². The van der Waals surface area contributed by atoms with E-state index in [0.717, 1.165) is 38.1 Å². The van der Waals surface area contributed by atoms with E-state index in [1.54, 1.807) is 0 Å². The first-order valence-electron chi connectivity index (χ1n) is 6.04. The van der Waals surface area contributed by atoms with Crippen molar-refractivity contribution in [3.8, 4) is 5.88 Å². The maximum absolute atomic E-state index is 12.6. The van der Waals surface area contributed by atoms with Gasteiger partial charge in [-0.1, -0.05) is 0 Å². The minimum Gasteiger partial charge on any atom is -0.474 e. The summed E-state index contributed by atoms with van der Waals surface area (Å²) < 4.78 is 43.4. The average Bonchev–Trinajstić information content (AvgIpc) is 2.30. The maximum Gasteiger partial charge on any atom is 0.416 e. The molecule has 0 saturated carbocycles. The van der Waals surface area contributed by atoms with Crippen LogP contribution in [0.2, 0.25) is 0 Å². The number of anilines is 1. The van der Waals surface area contributed by atoms with Crippen LogP contribution in [-0.2, 0) is 6.18 Å². The number of alkyl halides is 3. The van der Waals surface area contributed by atoms with E-state index in [2.05, 4.69) is 9.88 Å². The van der Waals surface area contributed by atoms with Gasteiger partial charge >= 0.3 is 6.18 Å². The number of nitrogen functional groups attached to an aromatic ring is 1. The summed E-state index contributed by atoms with van der Waals surface area (Å²) >= 11 is 0. The molecule has 1 aliphatic heterocycles. The van der Waals surface area contributed by atoms with Crippen molar-refractivity contribution >= 4 is 5.82 Å². The summed E-state index contributed by atoms with van der Waals surface area (Å²) in [7, 11) is 2.00. The van der Waals surface area contributed by atoms with Crippen LogP contribution in [0.4, 0.5) is 19.0 Å². The molecule has 2 rings (SSSR count). The van der Waals surface area contributed by atoms with Crippen LogP contribution in [0, 0.1) is 0 Å². The summed E-state index contributed by atoms with van der Waals surface area (Å²) in [6.07, 6.45) is -3.00. The highest BCUT2D eigenvalue weighted by Crippen LogP contribution is 2.32. The highest BCUT2D eigenvalue weighted by atomic mass is 19.4. The lowest BCUT2D eigenvalue weighted by molar-refractivity contribution is -0.137. The lowest BCUT2D eigenvalue weighted by Crippen LogP contribution is -2.35. The summed E-state index contributed by atoms with van der Waals surface area (Å²) in [4.78, 5) is 5.95. The van der Waals surface area contributed by atoms with Gasteiger partial charge in [0.1, 0.15) is 11.9 Å². The van der Waals surface area contributed by atoms with Crippen LogP contribution in [0.3, 0.4) is 0 Å². The summed E-state index contributed by atoms with van der Waals surface area (Å²) in [6, 6.07) is 1.70. The van der Waals surface area contributed by atoms with Crippen LogP contribution in [0.1, 0.15) is 18.4 Å². The Bertz CT molecular complexity index is 442. The molecule has 1 aliphatic rings. The van der Waals surface area contributed by atoms with Gasteiger partial charge in [0, 0.05) is 19.2 Å². The molecular weight excluding hydrogens is 259 g/mol. The third-order valence-corrected chi connectivity index (χ3v) is 3.10. The molecule has 0 spiro atoms. The predicted molar refractivity (Wildman–Crippen MR) is 64.8 cm³/mol. The number of rotatable bonds is 2. The molecule has 1 aromatic heterocycles. The van der Waals surface area contributed by atoms with Crippen LogP contribution in [0.5, 0.6) is 5.88 Å². The number of pyridine rings is 1. The van der Waals surface area contributed by atoms with E-state index >= 15 is 0 Å². The lowest BCUT2D eigenvalue weighted by Gasteiger charge is -2.29. The van der Waals surface area contributed by atoms with E-state index in [4.69, 9.17) is 10.5 Å². The second kappa shape index (κ2) is 5.24. The number of likely N-dealkylation sites (tertiary alicyclic amines) is 1. The van der Waals surface area contributed by atoms with Crippen LogP contribution in [0.15, 0.2) is 12.1 Å². The second-order valence-corrected chi connectivity index (χ2v) is 4.74. The average molecular weight is 275 g/mol. The first kappa shape index (κ1) is 13.9. The molecule has 0 aliphatic carbocycles. The summed E-state index contributed by atoms with van der Waals surface area (Å²) in [5.41, 5.74) is 4.55. The Morgan fingerprint density at radius 1 is 1.32 bits per heavy atom. The topological polar surface area (TPSA) is 51.4 Å². The van der Waals surface area contributed by atoms with Crippen molar-refractivity contribution < 1.29 is 17.9 Å². The number of ether oxygens (including phenoxy) is 1. The molecule has 1 saturated heterocycles. The van der Waals surface area contributed by atoms with Crippen LogP contribution < -0.4 is 10.5 Å². The first-order valence-corrected chi connectivity index (χ1v) is 6.04. The third kappa shape index (κ3) is 3.73. The number of nitrogens with zero attached hydrogens (tertiary/aromatic N) is 2. The van der Waals surface area contributed by atoms with Crippen LogP contribution >= 0.6 is 0 Å². The van der Waals surface area contributed by atoms with E-state index in [0.29, 0.717) is 0 Å². The molecule has 7 heteroatoms. The minimum atomic E-state index is -4.44. The molecule has 0 atom stereocenters. The zero-order valence-corrected chi connectivity index (χ0v) is 10.6. The van der Waals surface area contributed by atoms with Gasteiger partial charge in [0.25, 0.3) is 0 Å². The molecule has 0 amide bonds. The van der Waals surface area contributed by atoms with E-state index in [9.17, 15) is 13.2 Å². The zero-order chi connectivity index (χ0) is 14.0. The fourth-order valence-electron chi connectivity index (χ4n) is 2.02. The number of halogens is 3. The first-order chi connectivity index (χ1) is 8.84. The van der Waals surface area contributed by atoms with Gasteiger partial charge in [0.2, 0.25) is 5.88 Å². The molecule has 1 aromatic rings. The summed E-state index contributed by atoms with van der Waals surface area (Å²) in [5, 5.41) is 0. The molecule has 106 valence electrons. The van der Waals surface area contributed by atoms with Crippen molar-refractivity contribution in [2.45, 2.75) is 25.1 Å². The largest absolute Gasteiger partial charge is 0.474 e. The van der Waals surface area contributed by atoms with Crippen molar-refractivity contribution in [1.82, 2.24) is 9.88 Å². The van der Waals surface area contributed by atoms with Gasteiger partial charge in [-0.3, -0.25) is 0 Å². The van der Waals surface area contributed by atoms with E-state index < -0.39 is 11.7 Å². The maximum atomic E-state index is 12.6. The van der Waals surface area contributed by atoms with Crippen LogP contribution in [-0.4, -0.2) is 36.1 Å². The lowest BCUT2D eigenvalue weighted by atomic mass is 10.1.